The molecule has 1 saturated heterocycles. The van der Waals surface area contributed by atoms with Crippen LogP contribution >= 0.6 is 0 Å². The molecule has 0 aliphatic carbocycles. The van der Waals surface area contributed by atoms with E-state index in [0.717, 1.165) is 5.56 Å². The lowest BCUT2D eigenvalue weighted by Crippen LogP contribution is -2.30. The molecule has 1 unspecified atom stereocenters. The molecular weight excluding hydrogens is 330 g/mol. The Labute approximate surface area is 140 Å². The van der Waals surface area contributed by atoms with Gasteiger partial charge in [0.05, 0.1) is 0 Å². The van der Waals surface area contributed by atoms with Gasteiger partial charge >= 0.3 is 5.97 Å². The van der Waals surface area contributed by atoms with Gasteiger partial charge < -0.3 is 9.52 Å². The molecule has 2 aromatic rings. The molecule has 2 heterocycles. The lowest BCUT2D eigenvalue weighted by Gasteiger charge is -2.17. The Morgan fingerprint density at radius 1 is 1.21 bits per heavy atom. The quantitative estimate of drug-likeness (QED) is 0.917. The summed E-state index contributed by atoms with van der Waals surface area (Å²) in [5.41, 5.74) is 0.824. The van der Waals surface area contributed by atoms with Crippen molar-refractivity contribution >= 4 is 16.0 Å². The van der Waals surface area contributed by atoms with E-state index in [1.807, 2.05) is 30.3 Å². The zero-order valence-corrected chi connectivity index (χ0v) is 14.3. The molecule has 0 spiro atoms. The standard InChI is InChI=1S/C17H19NO5S/c1-11-15(17(19)20)16(12(2)23-11)24(21,22)18-9-8-14(10-18)13-6-4-3-5-7-13/h3-7,14H,8-10H2,1-2H3,(H,19,20). The second-order valence-electron chi connectivity index (χ2n) is 5.98. The number of sulfonamides is 1. The second kappa shape index (κ2) is 6.07. The van der Waals surface area contributed by atoms with Crippen LogP contribution in [-0.4, -0.2) is 36.9 Å². The Hall–Kier alpha value is -2.12. The van der Waals surface area contributed by atoms with E-state index in [9.17, 15) is 18.3 Å². The molecule has 24 heavy (non-hydrogen) atoms. The van der Waals surface area contributed by atoms with Gasteiger partial charge in [0.15, 0.2) is 0 Å². The van der Waals surface area contributed by atoms with Gasteiger partial charge in [-0.25, -0.2) is 13.2 Å². The summed E-state index contributed by atoms with van der Waals surface area (Å²) >= 11 is 0. The molecule has 0 amide bonds. The highest BCUT2D eigenvalue weighted by molar-refractivity contribution is 7.89. The van der Waals surface area contributed by atoms with E-state index < -0.39 is 16.0 Å². The molecule has 7 heteroatoms. The number of nitrogens with zero attached hydrogens (tertiary/aromatic N) is 1. The third-order valence-corrected chi connectivity index (χ3v) is 6.46. The minimum absolute atomic E-state index is 0.109. The van der Waals surface area contributed by atoms with Crippen molar-refractivity contribution in [2.75, 3.05) is 13.1 Å². The van der Waals surface area contributed by atoms with E-state index in [-0.39, 0.29) is 27.9 Å². The number of rotatable bonds is 4. The summed E-state index contributed by atoms with van der Waals surface area (Å²) in [6.45, 7) is 3.66. The van der Waals surface area contributed by atoms with Crippen LogP contribution in [0.15, 0.2) is 39.6 Å². The largest absolute Gasteiger partial charge is 0.478 e. The smallest absolute Gasteiger partial charge is 0.340 e. The number of furan rings is 1. The Morgan fingerprint density at radius 2 is 1.88 bits per heavy atom. The van der Waals surface area contributed by atoms with E-state index >= 15 is 0 Å². The molecule has 0 saturated carbocycles. The van der Waals surface area contributed by atoms with Crippen LogP contribution in [0.3, 0.4) is 0 Å². The first-order chi connectivity index (χ1) is 11.3. The van der Waals surface area contributed by atoms with Crippen LogP contribution in [0.4, 0.5) is 0 Å². The summed E-state index contributed by atoms with van der Waals surface area (Å²) in [6.07, 6.45) is 0.710. The zero-order valence-electron chi connectivity index (χ0n) is 13.5. The first kappa shape index (κ1) is 16.7. The fraction of sp³-hybridized carbons (Fsp3) is 0.353. The molecule has 1 aliphatic heterocycles. The number of aryl methyl sites for hydroxylation is 2. The number of hydrogen-bond acceptors (Lipinski definition) is 4. The molecule has 0 bridgehead atoms. The van der Waals surface area contributed by atoms with E-state index in [1.165, 1.54) is 18.2 Å². The third-order valence-electron chi connectivity index (χ3n) is 4.44. The maximum Gasteiger partial charge on any atom is 0.340 e. The summed E-state index contributed by atoms with van der Waals surface area (Å²) in [4.78, 5) is 11.2. The highest BCUT2D eigenvalue weighted by Crippen LogP contribution is 2.34. The molecule has 0 radical (unpaired) electrons. The van der Waals surface area contributed by atoms with Gasteiger partial charge in [-0.05, 0) is 31.7 Å². The van der Waals surface area contributed by atoms with Crippen LogP contribution in [0.2, 0.25) is 0 Å². The van der Waals surface area contributed by atoms with Crippen molar-refractivity contribution in [3.63, 3.8) is 0 Å². The molecule has 6 nitrogen and oxygen atoms in total. The first-order valence-electron chi connectivity index (χ1n) is 7.70. The van der Waals surface area contributed by atoms with Crippen molar-refractivity contribution in [2.24, 2.45) is 0 Å². The van der Waals surface area contributed by atoms with Gasteiger partial charge in [0, 0.05) is 13.1 Å². The van der Waals surface area contributed by atoms with Crippen molar-refractivity contribution in [3.05, 3.63) is 53.0 Å². The van der Waals surface area contributed by atoms with Gasteiger partial charge in [-0.2, -0.15) is 4.31 Å². The summed E-state index contributed by atoms with van der Waals surface area (Å²) in [6, 6.07) is 9.74. The van der Waals surface area contributed by atoms with Crippen molar-refractivity contribution in [2.45, 2.75) is 31.1 Å². The number of aromatic carboxylic acids is 1. The normalized spacial score (nSPS) is 18.8. The average Bonchev–Trinajstić information content (AvgIpc) is 3.13. The number of carboxylic acid groups (broad SMARTS) is 1. The van der Waals surface area contributed by atoms with Crippen LogP contribution in [0.25, 0.3) is 0 Å². The van der Waals surface area contributed by atoms with Crippen LogP contribution < -0.4 is 0 Å². The predicted octanol–water partition coefficient (Wildman–Crippen LogP) is 2.77. The second-order valence-corrected chi connectivity index (χ2v) is 7.86. The summed E-state index contributed by atoms with van der Waals surface area (Å²) < 4.78 is 32.6. The molecule has 1 N–H and O–H groups in total. The van der Waals surface area contributed by atoms with Crippen molar-refractivity contribution in [1.82, 2.24) is 4.31 Å². The highest BCUT2D eigenvalue weighted by atomic mass is 32.2. The maximum absolute atomic E-state index is 13.0. The topological polar surface area (TPSA) is 87.8 Å². The number of benzene rings is 1. The monoisotopic (exact) mass is 349 g/mol. The van der Waals surface area contributed by atoms with Gasteiger partial charge in [0.2, 0.25) is 10.0 Å². The Kier molecular flexibility index (Phi) is 4.23. The molecule has 1 aromatic carbocycles. The van der Waals surface area contributed by atoms with Gasteiger partial charge in [0.25, 0.3) is 0 Å². The zero-order chi connectivity index (χ0) is 17.5. The van der Waals surface area contributed by atoms with Crippen molar-refractivity contribution in [3.8, 4) is 0 Å². The molecule has 1 aliphatic rings. The lowest BCUT2D eigenvalue weighted by atomic mass is 9.99. The van der Waals surface area contributed by atoms with Gasteiger partial charge in [0.1, 0.15) is 22.0 Å². The van der Waals surface area contributed by atoms with Gasteiger partial charge in [-0.15, -0.1) is 0 Å². The SMILES string of the molecule is Cc1oc(C)c(S(=O)(=O)N2CCC(c3ccccc3)C2)c1C(=O)O. The predicted molar refractivity (Wildman–Crippen MR) is 87.7 cm³/mol. The minimum atomic E-state index is -3.91. The molecular formula is C17H19NO5S. The van der Waals surface area contributed by atoms with Gasteiger partial charge in [-0.3, -0.25) is 0 Å². The van der Waals surface area contributed by atoms with Crippen LogP contribution in [0.1, 0.15) is 39.8 Å². The molecule has 1 atom stereocenters. The lowest BCUT2D eigenvalue weighted by molar-refractivity contribution is 0.0691. The Balaban J connectivity index is 1.95. The van der Waals surface area contributed by atoms with Crippen LogP contribution in [0.5, 0.6) is 0 Å². The molecule has 128 valence electrons. The van der Waals surface area contributed by atoms with E-state index in [2.05, 4.69) is 0 Å². The van der Waals surface area contributed by atoms with Gasteiger partial charge in [-0.1, -0.05) is 30.3 Å². The molecule has 1 aromatic heterocycles. The average molecular weight is 349 g/mol. The van der Waals surface area contributed by atoms with E-state index in [1.54, 1.807) is 0 Å². The first-order valence-corrected chi connectivity index (χ1v) is 9.14. The molecule has 1 fully saturated rings. The number of carbonyl (C=O) groups is 1. The fourth-order valence-electron chi connectivity index (χ4n) is 3.29. The summed E-state index contributed by atoms with van der Waals surface area (Å²) in [5, 5.41) is 9.35. The van der Waals surface area contributed by atoms with E-state index in [4.69, 9.17) is 4.42 Å². The summed E-state index contributed by atoms with van der Waals surface area (Å²) in [5.74, 6) is -0.949. The Morgan fingerprint density at radius 3 is 2.50 bits per heavy atom. The van der Waals surface area contributed by atoms with Crippen LogP contribution in [0, 0.1) is 13.8 Å². The molecule has 3 rings (SSSR count). The number of hydrogen-bond donors (Lipinski definition) is 1. The minimum Gasteiger partial charge on any atom is -0.478 e. The summed E-state index contributed by atoms with van der Waals surface area (Å²) in [7, 11) is -3.91. The third kappa shape index (κ3) is 2.74. The van der Waals surface area contributed by atoms with Crippen molar-refractivity contribution in [1.29, 1.82) is 0 Å². The highest BCUT2D eigenvalue weighted by Gasteiger charge is 2.39. The van der Waals surface area contributed by atoms with Crippen LogP contribution in [-0.2, 0) is 10.0 Å². The number of carboxylic acids is 1. The van der Waals surface area contributed by atoms with E-state index in [0.29, 0.717) is 19.5 Å². The fourth-order valence-corrected chi connectivity index (χ4v) is 5.17. The van der Waals surface area contributed by atoms with Crippen molar-refractivity contribution < 1.29 is 22.7 Å². The maximum atomic E-state index is 13.0. The Bertz CT molecular complexity index is 870.